The Morgan fingerprint density at radius 2 is 1.96 bits per heavy atom. The van der Waals surface area contributed by atoms with E-state index < -0.39 is 19.9 Å². The van der Waals surface area contributed by atoms with Gasteiger partial charge in [0, 0.05) is 24.8 Å². The molecule has 8 nitrogen and oxygen atoms in total. The largest absolute Gasteiger partial charge is 0.376 e. The van der Waals surface area contributed by atoms with Crippen LogP contribution in [-0.2, 0) is 24.7 Å². The van der Waals surface area contributed by atoms with Crippen LogP contribution in [0.4, 0.5) is 5.69 Å². The maximum atomic E-state index is 12.7. The molecule has 0 spiro atoms. The highest BCUT2D eigenvalue weighted by Crippen LogP contribution is 2.27. The number of carbonyl (C=O) groups excluding carboxylic acids is 1. The summed E-state index contributed by atoms with van der Waals surface area (Å²) in [6.45, 7) is 4.01. The van der Waals surface area contributed by atoms with Crippen LogP contribution < -0.4 is 10.6 Å². The van der Waals surface area contributed by atoms with Gasteiger partial charge in [-0.25, -0.2) is 16.8 Å². The molecule has 0 aliphatic carbocycles. The molecule has 152 valence electrons. The molecule has 0 bridgehead atoms. The molecule has 0 radical (unpaired) electrons. The third-order valence-corrected chi connectivity index (χ3v) is 8.60. The lowest BCUT2D eigenvalue weighted by molar-refractivity contribution is -0.119. The zero-order valence-corrected chi connectivity index (χ0v) is 17.6. The van der Waals surface area contributed by atoms with Crippen molar-refractivity contribution in [3.63, 3.8) is 0 Å². The molecule has 1 heterocycles. The number of benzene rings is 1. The molecular weight excluding hydrogens is 414 g/mol. The van der Waals surface area contributed by atoms with Crippen LogP contribution in [0.3, 0.4) is 0 Å². The quantitative estimate of drug-likeness (QED) is 0.629. The number of anilines is 1. The van der Waals surface area contributed by atoms with Gasteiger partial charge < -0.3 is 10.6 Å². The molecule has 1 aliphatic rings. The van der Waals surface area contributed by atoms with Gasteiger partial charge in [0.15, 0.2) is 9.84 Å². The Balaban J connectivity index is 2.05. The summed E-state index contributed by atoms with van der Waals surface area (Å²) < 4.78 is 49.5. The van der Waals surface area contributed by atoms with Gasteiger partial charge in [-0.15, -0.1) is 0 Å². The molecule has 1 amide bonds. The molecule has 1 aliphatic heterocycles. The molecule has 1 atom stereocenters. The highest BCUT2D eigenvalue weighted by atomic mass is 35.5. The smallest absolute Gasteiger partial charge is 0.244 e. The van der Waals surface area contributed by atoms with E-state index in [1.165, 1.54) is 16.4 Å². The molecule has 0 aromatic heterocycles. The number of hydrogen-bond donors (Lipinski definition) is 2. The summed E-state index contributed by atoms with van der Waals surface area (Å²) in [5, 5.41) is 5.62. The second-order valence-electron chi connectivity index (χ2n) is 6.26. The van der Waals surface area contributed by atoms with Gasteiger partial charge in [0.2, 0.25) is 15.9 Å². The van der Waals surface area contributed by atoms with Crippen molar-refractivity contribution in [1.29, 1.82) is 0 Å². The van der Waals surface area contributed by atoms with Crippen LogP contribution in [0.1, 0.15) is 20.3 Å². The summed E-state index contributed by atoms with van der Waals surface area (Å²) in [5.41, 5.74) is 0.430. The van der Waals surface area contributed by atoms with Crippen LogP contribution in [0.2, 0.25) is 5.02 Å². The number of carbonyl (C=O) groups is 1. The van der Waals surface area contributed by atoms with Gasteiger partial charge in [-0.1, -0.05) is 25.4 Å². The third-order valence-electron chi connectivity index (χ3n) is 4.31. The van der Waals surface area contributed by atoms with Crippen LogP contribution >= 0.6 is 11.6 Å². The summed E-state index contributed by atoms with van der Waals surface area (Å²) in [6.07, 6.45) is 0.404. The Bertz CT molecular complexity index is 899. The lowest BCUT2D eigenvalue weighted by atomic mass is 10.2. The summed E-state index contributed by atoms with van der Waals surface area (Å²) in [7, 11) is -6.80. The second-order valence-corrected chi connectivity index (χ2v) is 10.8. The van der Waals surface area contributed by atoms with Gasteiger partial charge in [-0.3, -0.25) is 4.79 Å². The van der Waals surface area contributed by atoms with E-state index >= 15 is 0 Å². The van der Waals surface area contributed by atoms with E-state index in [0.717, 1.165) is 0 Å². The van der Waals surface area contributed by atoms with Crippen molar-refractivity contribution in [2.75, 3.05) is 36.5 Å². The van der Waals surface area contributed by atoms with Crippen molar-refractivity contribution < 1.29 is 21.6 Å². The van der Waals surface area contributed by atoms with Crippen LogP contribution in [0.15, 0.2) is 23.1 Å². The predicted octanol–water partition coefficient (Wildman–Crippen LogP) is 1.09. The SMILES string of the molecule is CCN(CC)S(=O)(=O)c1cc(NCC(=O)N[C@@H]2CCS(=O)(=O)C2)ccc1Cl. The topological polar surface area (TPSA) is 113 Å². The molecule has 2 rings (SSSR count). The van der Waals surface area contributed by atoms with E-state index in [1.807, 2.05) is 0 Å². The van der Waals surface area contributed by atoms with Gasteiger partial charge in [0.05, 0.1) is 23.1 Å². The fraction of sp³-hybridized carbons (Fsp3) is 0.562. The Morgan fingerprint density at radius 3 is 2.52 bits per heavy atom. The van der Waals surface area contributed by atoms with Gasteiger partial charge in [-0.05, 0) is 24.6 Å². The monoisotopic (exact) mass is 437 g/mol. The van der Waals surface area contributed by atoms with E-state index in [1.54, 1.807) is 19.9 Å². The lowest BCUT2D eigenvalue weighted by Crippen LogP contribution is -2.39. The van der Waals surface area contributed by atoms with Gasteiger partial charge in [0.1, 0.15) is 4.90 Å². The first kappa shape index (κ1) is 21.9. The van der Waals surface area contributed by atoms with Crippen molar-refractivity contribution in [2.24, 2.45) is 0 Å². The number of hydrogen-bond acceptors (Lipinski definition) is 6. The zero-order chi connectivity index (χ0) is 20.2. The predicted molar refractivity (Wildman–Crippen MR) is 105 cm³/mol. The maximum Gasteiger partial charge on any atom is 0.244 e. The molecule has 0 unspecified atom stereocenters. The molecule has 1 saturated heterocycles. The van der Waals surface area contributed by atoms with Crippen molar-refractivity contribution in [1.82, 2.24) is 9.62 Å². The number of halogens is 1. The Labute approximate surface area is 165 Å². The average molecular weight is 438 g/mol. The van der Waals surface area contributed by atoms with Crippen LogP contribution in [0.25, 0.3) is 0 Å². The molecular formula is C16H24ClN3O5S2. The van der Waals surface area contributed by atoms with E-state index in [4.69, 9.17) is 11.6 Å². The van der Waals surface area contributed by atoms with Gasteiger partial charge >= 0.3 is 0 Å². The summed E-state index contributed by atoms with van der Waals surface area (Å²) in [5.74, 6) is -0.332. The molecule has 27 heavy (non-hydrogen) atoms. The van der Waals surface area contributed by atoms with Crippen LogP contribution in [0.5, 0.6) is 0 Å². The van der Waals surface area contributed by atoms with Crippen LogP contribution in [0, 0.1) is 0 Å². The first-order chi connectivity index (χ1) is 12.6. The van der Waals surface area contributed by atoms with Gasteiger partial charge in [0.25, 0.3) is 0 Å². The number of rotatable bonds is 8. The molecule has 1 aromatic carbocycles. The fourth-order valence-corrected chi connectivity index (χ4v) is 6.52. The molecule has 0 saturated carbocycles. The van der Waals surface area contributed by atoms with E-state index in [2.05, 4.69) is 10.6 Å². The third kappa shape index (κ3) is 5.56. The minimum atomic E-state index is -3.73. The van der Waals surface area contributed by atoms with E-state index in [-0.39, 0.29) is 39.9 Å². The highest BCUT2D eigenvalue weighted by Gasteiger charge is 2.29. The minimum Gasteiger partial charge on any atom is -0.376 e. The number of sulfone groups is 1. The normalized spacial score (nSPS) is 19.2. The number of amides is 1. The van der Waals surface area contributed by atoms with E-state index in [0.29, 0.717) is 25.2 Å². The van der Waals surface area contributed by atoms with Crippen molar-refractivity contribution >= 4 is 43.1 Å². The van der Waals surface area contributed by atoms with Crippen molar-refractivity contribution in [2.45, 2.75) is 31.2 Å². The summed E-state index contributed by atoms with van der Waals surface area (Å²) in [4.78, 5) is 12.0. The standard InChI is InChI=1S/C16H24ClN3O5S2/c1-3-20(4-2)27(24,25)15-9-12(5-6-14(15)17)18-10-16(21)19-13-7-8-26(22,23)11-13/h5-6,9,13,18H,3-4,7-8,10-11H2,1-2H3,(H,19,21)/t13-/m1/s1. The Kier molecular flexibility index (Phi) is 7.12. The first-order valence-corrected chi connectivity index (χ1v) is 12.3. The molecule has 1 aromatic rings. The summed E-state index contributed by atoms with van der Waals surface area (Å²) >= 11 is 6.07. The van der Waals surface area contributed by atoms with Crippen molar-refractivity contribution in [3.8, 4) is 0 Å². The Hall–Kier alpha value is -1.36. The molecule has 2 N–H and O–H groups in total. The maximum absolute atomic E-state index is 12.7. The lowest BCUT2D eigenvalue weighted by Gasteiger charge is -2.20. The highest BCUT2D eigenvalue weighted by molar-refractivity contribution is 7.91. The number of nitrogens with zero attached hydrogens (tertiary/aromatic N) is 1. The van der Waals surface area contributed by atoms with Crippen LogP contribution in [-0.4, -0.2) is 64.2 Å². The molecule has 11 heteroatoms. The number of nitrogens with one attached hydrogen (secondary N) is 2. The van der Waals surface area contributed by atoms with Gasteiger partial charge in [-0.2, -0.15) is 4.31 Å². The number of sulfonamides is 1. The van der Waals surface area contributed by atoms with E-state index in [9.17, 15) is 21.6 Å². The zero-order valence-electron chi connectivity index (χ0n) is 15.2. The summed E-state index contributed by atoms with van der Waals surface area (Å²) in [6, 6.07) is 4.05. The average Bonchev–Trinajstić information content (AvgIpc) is 2.93. The second kappa shape index (κ2) is 8.76. The fourth-order valence-electron chi connectivity index (χ4n) is 2.88. The molecule has 1 fully saturated rings. The Morgan fingerprint density at radius 1 is 1.30 bits per heavy atom. The van der Waals surface area contributed by atoms with Crippen molar-refractivity contribution in [3.05, 3.63) is 23.2 Å². The minimum absolute atomic E-state index is 0.0276. The first-order valence-electron chi connectivity index (χ1n) is 8.62.